The van der Waals surface area contributed by atoms with Gasteiger partial charge in [-0.15, -0.1) is 0 Å². The highest BCUT2D eigenvalue weighted by Crippen LogP contribution is 2.32. The predicted molar refractivity (Wildman–Crippen MR) is 99.0 cm³/mol. The Bertz CT molecular complexity index is 872. The van der Waals surface area contributed by atoms with Crippen LogP contribution >= 0.6 is 0 Å². The molecule has 4 rings (SSSR count). The Kier molecular flexibility index (Phi) is 4.80. The molecule has 0 radical (unpaired) electrons. The monoisotopic (exact) mass is 350 g/mol. The van der Waals surface area contributed by atoms with Crippen molar-refractivity contribution in [3.8, 4) is 0 Å². The van der Waals surface area contributed by atoms with Crippen LogP contribution in [0.2, 0.25) is 0 Å². The van der Waals surface area contributed by atoms with Gasteiger partial charge in [-0.1, -0.05) is 18.2 Å². The van der Waals surface area contributed by atoms with Gasteiger partial charge in [0, 0.05) is 37.5 Å². The third-order valence-corrected chi connectivity index (χ3v) is 4.98. The SMILES string of the molecule is Cn1cc(CN2CCC[C@H]2c2cccc(Cc3ccc(F)cc3)n2)cn1. The maximum atomic E-state index is 13.1. The maximum absolute atomic E-state index is 13.1. The third kappa shape index (κ3) is 3.83. The molecule has 1 aliphatic rings. The summed E-state index contributed by atoms with van der Waals surface area (Å²) in [6.07, 6.45) is 7.06. The number of pyridine rings is 1. The number of hydrogen-bond donors (Lipinski definition) is 0. The second-order valence-corrected chi connectivity index (χ2v) is 7.01. The minimum absolute atomic E-state index is 0.201. The molecule has 1 saturated heterocycles. The average molecular weight is 350 g/mol. The molecule has 1 aliphatic heterocycles. The molecule has 26 heavy (non-hydrogen) atoms. The molecule has 3 aromatic rings. The third-order valence-electron chi connectivity index (χ3n) is 4.98. The highest BCUT2D eigenvalue weighted by atomic mass is 19.1. The van der Waals surface area contributed by atoms with Crippen LogP contribution in [0.4, 0.5) is 4.39 Å². The van der Waals surface area contributed by atoms with E-state index < -0.39 is 0 Å². The predicted octanol–water partition coefficient (Wildman–Crippen LogP) is 3.88. The van der Waals surface area contributed by atoms with Gasteiger partial charge in [-0.3, -0.25) is 14.6 Å². The first-order valence-corrected chi connectivity index (χ1v) is 9.09. The number of hydrogen-bond acceptors (Lipinski definition) is 3. The summed E-state index contributed by atoms with van der Waals surface area (Å²) in [5, 5.41) is 4.27. The minimum atomic E-state index is -0.201. The second-order valence-electron chi connectivity index (χ2n) is 7.01. The molecule has 0 N–H and O–H groups in total. The van der Waals surface area contributed by atoms with Crippen molar-refractivity contribution in [1.29, 1.82) is 0 Å². The molecule has 0 aliphatic carbocycles. The molecule has 1 aromatic carbocycles. The summed E-state index contributed by atoms with van der Waals surface area (Å²) in [7, 11) is 1.95. The number of rotatable bonds is 5. The molecule has 134 valence electrons. The van der Waals surface area contributed by atoms with Gasteiger partial charge >= 0.3 is 0 Å². The normalized spacial score (nSPS) is 17.7. The van der Waals surface area contributed by atoms with Crippen LogP contribution in [-0.4, -0.2) is 26.2 Å². The van der Waals surface area contributed by atoms with Crippen molar-refractivity contribution in [2.75, 3.05) is 6.54 Å². The zero-order chi connectivity index (χ0) is 17.9. The van der Waals surface area contributed by atoms with E-state index in [1.807, 2.05) is 36.1 Å². The Hall–Kier alpha value is -2.53. The smallest absolute Gasteiger partial charge is 0.123 e. The van der Waals surface area contributed by atoms with Crippen LogP contribution in [0.1, 0.15) is 41.4 Å². The summed E-state index contributed by atoms with van der Waals surface area (Å²) in [6.45, 7) is 1.99. The number of benzene rings is 1. The second kappa shape index (κ2) is 7.38. The van der Waals surface area contributed by atoms with E-state index in [0.29, 0.717) is 6.04 Å². The summed E-state index contributed by atoms with van der Waals surface area (Å²) in [4.78, 5) is 7.40. The molecule has 0 bridgehead atoms. The standard InChI is InChI=1S/C21H23FN4/c1-25-14-17(13-23-25)15-26-11-3-6-21(26)20-5-2-4-19(24-20)12-16-7-9-18(22)10-8-16/h2,4-5,7-10,13-14,21H,3,6,11-12,15H2,1H3/t21-/m0/s1. The molecular formula is C21H23FN4. The lowest BCUT2D eigenvalue weighted by Gasteiger charge is -2.23. The summed E-state index contributed by atoms with van der Waals surface area (Å²) in [5.74, 6) is -0.201. The van der Waals surface area contributed by atoms with Gasteiger partial charge in [-0.05, 0) is 49.2 Å². The Morgan fingerprint density at radius 1 is 1.12 bits per heavy atom. The molecule has 5 heteroatoms. The first-order valence-electron chi connectivity index (χ1n) is 9.09. The van der Waals surface area contributed by atoms with Crippen LogP contribution in [0, 0.1) is 5.82 Å². The van der Waals surface area contributed by atoms with Crippen molar-refractivity contribution in [2.45, 2.75) is 31.8 Å². The first-order chi connectivity index (χ1) is 12.7. The van der Waals surface area contributed by atoms with Gasteiger partial charge in [0.1, 0.15) is 5.82 Å². The van der Waals surface area contributed by atoms with Gasteiger partial charge in [-0.25, -0.2) is 4.39 Å². The van der Waals surface area contributed by atoms with Gasteiger partial charge < -0.3 is 0 Å². The van der Waals surface area contributed by atoms with Gasteiger partial charge in [-0.2, -0.15) is 5.10 Å². The van der Waals surface area contributed by atoms with E-state index in [1.165, 1.54) is 24.1 Å². The fraction of sp³-hybridized carbons (Fsp3) is 0.333. The molecule has 1 atom stereocenters. The van der Waals surface area contributed by atoms with Crippen molar-refractivity contribution < 1.29 is 4.39 Å². The topological polar surface area (TPSA) is 34.0 Å². The lowest BCUT2D eigenvalue weighted by molar-refractivity contribution is 0.244. The highest BCUT2D eigenvalue weighted by Gasteiger charge is 2.27. The molecule has 3 heterocycles. The van der Waals surface area contributed by atoms with Crippen molar-refractivity contribution in [3.63, 3.8) is 0 Å². The van der Waals surface area contributed by atoms with Crippen LogP contribution in [-0.2, 0) is 20.0 Å². The van der Waals surface area contributed by atoms with Crippen molar-refractivity contribution in [2.24, 2.45) is 7.05 Å². The lowest BCUT2D eigenvalue weighted by atomic mass is 10.1. The lowest BCUT2D eigenvalue weighted by Crippen LogP contribution is -2.23. The van der Waals surface area contributed by atoms with Gasteiger partial charge in [0.25, 0.3) is 0 Å². The highest BCUT2D eigenvalue weighted by molar-refractivity contribution is 5.24. The van der Waals surface area contributed by atoms with E-state index in [4.69, 9.17) is 4.98 Å². The largest absolute Gasteiger partial charge is 0.290 e. The van der Waals surface area contributed by atoms with Crippen LogP contribution in [0.25, 0.3) is 0 Å². The molecular weight excluding hydrogens is 327 g/mol. The summed E-state index contributed by atoms with van der Waals surface area (Å²) in [5.41, 5.74) is 4.48. The molecule has 0 saturated carbocycles. The quantitative estimate of drug-likeness (QED) is 0.700. The van der Waals surface area contributed by atoms with Crippen LogP contribution in [0.15, 0.2) is 54.9 Å². The van der Waals surface area contributed by atoms with Gasteiger partial charge in [0.2, 0.25) is 0 Å². The maximum Gasteiger partial charge on any atom is 0.123 e. The number of aromatic nitrogens is 3. The van der Waals surface area contributed by atoms with Gasteiger partial charge in [0.05, 0.1) is 17.9 Å². The van der Waals surface area contributed by atoms with E-state index >= 15 is 0 Å². The number of halogens is 1. The van der Waals surface area contributed by atoms with Crippen LogP contribution < -0.4 is 0 Å². The van der Waals surface area contributed by atoms with Crippen molar-refractivity contribution >= 4 is 0 Å². The van der Waals surface area contributed by atoms with Gasteiger partial charge in [0.15, 0.2) is 0 Å². The molecule has 1 fully saturated rings. The van der Waals surface area contributed by atoms with Crippen molar-refractivity contribution in [3.05, 3.63) is 83.2 Å². The summed E-state index contributed by atoms with van der Waals surface area (Å²) >= 11 is 0. The fourth-order valence-corrected chi connectivity index (χ4v) is 3.73. The Morgan fingerprint density at radius 3 is 2.73 bits per heavy atom. The molecule has 4 nitrogen and oxygen atoms in total. The van der Waals surface area contributed by atoms with Crippen molar-refractivity contribution in [1.82, 2.24) is 19.7 Å². The molecule has 2 aromatic heterocycles. The Morgan fingerprint density at radius 2 is 1.96 bits per heavy atom. The molecule has 0 spiro atoms. The van der Waals surface area contributed by atoms with E-state index in [2.05, 4.69) is 28.3 Å². The van der Waals surface area contributed by atoms with Crippen LogP contribution in [0.3, 0.4) is 0 Å². The summed E-state index contributed by atoms with van der Waals surface area (Å²) < 4.78 is 14.9. The minimum Gasteiger partial charge on any atom is -0.290 e. The molecule has 0 unspecified atom stereocenters. The number of nitrogens with zero attached hydrogens (tertiary/aromatic N) is 4. The average Bonchev–Trinajstić information content (AvgIpc) is 3.26. The first kappa shape index (κ1) is 16.9. The zero-order valence-corrected chi connectivity index (χ0v) is 15.0. The molecule has 0 amide bonds. The number of aryl methyl sites for hydroxylation is 1. The summed E-state index contributed by atoms with van der Waals surface area (Å²) in [6, 6.07) is 13.3. The Labute approximate surface area is 153 Å². The fourth-order valence-electron chi connectivity index (χ4n) is 3.73. The Balaban J connectivity index is 1.50. The van der Waals surface area contributed by atoms with E-state index in [1.54, 1.807) is 0 Å². The number of likely N-dealkylation sites (tertiary alicyclic amines) is 1. The van der Waals surface area contributed by atoms with E-state index in [0.717, 1.165) is 42.9 Å². The van der Waals surface area contributed by atoms with E-state index in [9.17, 15) is 4.39 Å². The van der Waals surface area contributed by atoms with E-state index in [-0.39, 0.29) is 5.82 Å². The van der Waals surface area contributed by atoms with Crippen LogP contribution in [0.5, 0.6) is 0 Å². The zero-order valence-electron chi connectivity index (χ0n) is 15.0.